The average molecular weight is 317 g/mol. The van der Waals surface area contributed by atoms with Crippen molar-refractivity contribution < 1.29 is 27.8 Å². The SMILES string of the molecule is COc1ccc(CNC(=O)C2CCCC2O)c(C(F)(F)F)c1. The second kappa shape index (κ2) is 6.56. The first-order valence-electron chi connectivity index (χ1n) is 7.03. The molecule has 4 nitrogen and oxygen atoms in total. The van der Waals surface area contributed by atoms with Crippen molar-refractivity contribution in [2.24, 2.45) is 5.92 Å². The third-order valence-electron chi connectivity index (χ3n) is 3.89. The second-order valence-electron chi connectivity index (χ2n) is 5.34. The molecule has 0 radical (unpaired) electrons. The van der Waals surface area contributed by atoms with Gasteiger partial charge in [-0.15, -0.1) is 0 Å². The molecule has 2 atom stereocenters. The molecule has 1 amide bonds. The van der Waals surface area contributed by atoms with Gasteiger partial charge in [0.1, 0.15) is 5.75 Å². The van der Waals surface area contributed by atoms with Crippen LogP contribution in [0.3, 0.4) is 0 Å². The Balaban J connectivity index is 2.10. The number of methoxy groups -OCH3 is 1. The van der Waals surface area contributed by atoms with Crippen LogP contribution in [0.25, 0.3) is 0 Å². The Bertz CT molecular complexity index is 545. The molecule has 2 N–H and O–H groups in total. The second-order valence-corrected chi connectivity index (χ2v) is 5.34. The monoisotopic (exact) mass is 317 g/mol. The summed E-state index contributed by atoms with van der Waals surface area (Å²) in [6, 6.07) is 3.61. The zero-order valence-corrected chi connectivity index (χ0v) is 12.1. The normalized spacial score (nSPS) is 21.7. The van der Waals surface area contributed by atoms with Crippen LogP contribution in [0.4, 0.5) is 13.2 Å². The first-order chi connectivity index (χ1) is 10.3. The lowest BCUT2D eigenvalue weighted by Gasteiger charge is -2.17. The predicted octanol–water partition coefficient (Wildman–Crippen LogP) is 2.49. The van der Waals surface area contributed by atoms with Crippen molar-refractivity contribution in [3.63, 3.8) is 0 Å². The number of nitrogens with one attached hydrogen (secondary N) is 1. The molecular formula is C15H18F3NO3. The third-order valence-corrected chi connectivity index (χ3v) is 3.89. The van der Waals surface area contributed by atoms with Crippen molar-refractivity contribution in [2.45, 2.75) is 38.1 Å². The summed E-state index contributed by atoms with van der Waals surface area (Å²) in [4.78, 5) is 11.9. The molecule has 22 heavy (non-hydrogen) atoms. The van der Waals surface area contributed by atoms with Gasteiger partial charge < -0.3 is 15.2 Å². The lowest BCUT2D eigenvalue weighted by atomic mass is 10.0. The topological polar surface area (TPSA) is 58.6 Å². The standard InChI is InChI=1S/C15H18F3NO3/c1-22-10-6-5-9(12(7-10)15(16,17)18)8-19-14(21)11-3-2-4-13(11)20/h5-7,11,13,20H,2-4,8H2,1H3,(H,19,21). The number of aliphatic hydroxyl groups excluding tert-OH is 1. The molecule has 2 rings (SSSR count). The molecule has 1 fully saturated rings. The molecule has 2 unspecified atom stereocenters. The van der Waals surface area contributed by atoms with Crippen molar-refractivity contribution >= 4 is 5.91 Å². The lowest BCUT2D eigenvalue weighted by molar-refractivity contribution is -0.138. The van der Waals surface area contributed by atoms with Gasteiger partial charge >= 0.3 is 6.18 Å². The van der Waals surface area contributed by atoms with Crippen molar-refractivity contribution in [1.29, 1.82) is 0 Å². The van der Waals surface area contributed by atoms with Crippen molar-refractivity contribution in [3.05, 3.63) is 29.3 Å². The van der Waals surface area contributed by atoms with Crippen molar-refractivity contribution in [3.8, 4) is 5.75 Å². The molecule has 0 heterocycles. The first-order valence-corrected chi connectivity index (χ1v) is 7.03. The molecule has 7 heteroatoms. The molecule has 0 bridgehead atoms. The Morgan fingerprint density at radius 3 is 2.68 bits per heavy atom. The van der Waals surface area contributed by atoms with Gasteiger partial charge in [0.2, 0.25) is 5.91 Å². The Kier molecular flexibility index (Phi) is 4.95. The number of benzene rings is 1. The van der Waals surface area contributed by atoms with Crippen LogP contribution >= 0.6 is 0 Å². The van der Waals surface area contributed by atoms with E-state index < -0.39 is 29.7 Å². The van der Waals surface area contributed by atoms with E-state index in [2.05, 4.69) is 5.32 Å². The van der Waals surface area contributed by atoms with E-state index in [1.165, 1.54) is 19.2 Å². The van der Waals surface area contributed by atoms with Crippen LogP contribution in [-0.4, -0.2) is 24.2 Å². The smallest absolute Gasteiger partial charge is 0.416 e. The van der Waals surface area contributed by atoms with Gasteiger partial charge in [-0.05, 0) is 37.0 Å². The summed E-state index contributed by atoms with van der Waals surface area (Å²) in [6.07, 6.45) is -3.38. The van der Waals surface area contributed by atoms with E-state index in [0.29, 0.717) is 12.8 Å². The largest absolute Gasteiger partial charge is 0.497 e. The molecule has 1 aromatic carbocycles. The number of carbonyl (C=O) groups excluding carboxylic acids is 1. The van der Waals surface area contributed by atoms with E-state index in [1.54, 1.807) is 0 Å². The fraction of sp³-hybridized carbons (Fsp3) is 0.533. The van der Waals surface area contributed by atoms with E-state index in [4.69, 9.17) is 4.74 Å². The maximum absolute atomic E-state index is 13.0. The maximum Gasteiger partial charge on any atom is 0.416 e. The summed E-state index contributed by atoms with van der Waals surface area (Å²) < 4.78 is 43.9. The zero-order chi connectivity index (χ0) is 16.3. The number of halogens is 3. The Hall–Kier alpha value is -1.76. The molecule has 0 saturated heterocycles. The highest BCUT2D eigenvalue weighted by Crippen LogP contribution is 2.34. The maximum atomic E-state index is 13.0. The molecule has 1 saturated carbocycles. The molecule has 122 valence electrons. The number of aliphatic hydroxyl groups is 1. The van der Waals surface area contributed by atoms with E-state index in [-0.39, 0.29) is 17.9 Å². The summed E-state index contributed by atoms with van der Waals surface area (Å²) in [6.45, 7) is -0.235. The summed E-state index contributed by atoms with van der Waals surface area (Å²) in [7, 11) is 1.29. The lowest BCUT2D eigenvalue weighted by Crippen LogP contribution is -2.34. The van der Waals surface area contributed by atoms with Crippen LogP contribution in [0.5, 0.6) is 5.75 Å². The fourth-order valence-electron chi connectivity index (χ4n) is 2.66. The van der Waals surface area contributed by atoms with Crippen LogP contribution in [0.2, 0.25) is 0 Å². The van der Waals surface area contributed by atoms with Gasteiger partial charge in [0.15, 0.2) is 0 Å². The summed E-state index contributed by atoms with van der Waals surface area (Å²) in [5.74, 6) is -0.838. The molecule has 0 spiro atoms. The van der Waals surface area contributed by atoms with E-state index >= 15 is 0 Å². The molecular weight excluding hydrogens is 299 g/mol. The minimum atomic E-state index is -4.53. The minimum Gasteiger partial charge on any atom is -0.497 e. The quantitative estimate of drug-likeness (QED) is 0.897. The van der Waals surface area contributed by atoms with Gasteiger partial charge in [-0.1, -0.05) is 6.07 Å². The molecule has 0 aliphatic heterocycles. The van der Waals surface area contributed by atoms with Crippen LogP contribution < -0.4 is 10.1 Å². The first kappa shape index (κ1) is 16.6. The van der Waals surface area contributed by atoms with Crippen LogP contribution in [0, 0.1) is 5.92 Å². The third kappa shape index (κ3) is 3.71. The predicted molar refractivity (Wildman–Crippen MR) is 73.2 cm³/mol. The van der Waals surface area contributed by atoms with Crippen molar-refractivity contribution in [2.75, 3.05) is 7.11 Å². The number of ether oxygens (including phenoxy) is 1. The van der Waals surface area contributed by atoms with E-state index in [0.717, 1.165) is 12.5 Å². The highest BCUT2D eigenvalue weighted by atomic mass is 19.4. The molecule has 0 aromatic heterocycles. The summed E-state index contributed by atoms with van der Waals surface area (Å²) >= 11 is 0. The number of carbonyl (C=O) groups is 1. The van der Waals surface area contributed by atoms with Gasteiger partial charge in [0, 0.05) is 6.54 Å². The molecule has 1 aliphatic carbocycles. The van der Waals surface area contributed by atoms with Crippen LogP contribution in [0.1, 0.15) is 30.4 Å². The zero-order valence-electron chi connectivity index (χ0n) is 12.1. The van der Waals surface area contributed by atoms with E-state index in [1.807, 2.05) is 0 Å². The number of hydrogen-bond donors (Lipinski definition) is 2. The number of alkyl halides is 3. The van der Waals surface area contributed by atoms with Crippen LogP contribution in [0.15, 0.2) is 18.2 Å². The Morgan fingerprint density at radius 2 is 2.14 bits per heavy atom. The Labute approximate surface area is 126 Å². The summed E-state index contributed by atoms with van der Waals surface area (Å²) in [5.41, 5.74) is -0.867. The number of amides is 1. The van der Waals surface area contributed by atoms with Gasteiger partial charge in [-0.25, -0.2) is 0 Å². The number of hydrogen-bond acceptors (Lipinski definition) is 3. The fourth-order valence-corrected chi connectivity index (χ4v) is 2.66. The molecule has 1 aromatic rings. The van der Waals surface area contributed by atoms with Crippen molar-refractivity contribution in [1.82, 2.24) is 5.32 Å². The van der Waals surface area contributed by atoms with E-state index in [9.17, 15) is 23.1 Å². The average Bonchev–Trinajstić information content (AvgIpc) is 2.90. The molecule has 1 aliphatic rings. The highest BCUT2D eigenvalue weighted by molar-refractivity contribution is 5.79. The van der Waals surface area contributed by atoms with Crippen LogP contribution in [-0.2, 0) is 17.5 Å². The van der Waals surface area contributed by atoms with Gasteiger partial charge in [-0.2, -0.15) is 13.2 Å². The van der Waals surface area contributed by atoms with Gasteiger partial charge in [-0.3, -0.25) is 4.79 Å². The Morgan fingerprint density at radius 1 is 1.41 bits per heavy atom. The summed E-state index contributed by atoms with van der Waals surface area (Å²) in [5, 5.41) is 12.1. The number of rotatable bonds is 4. The minimum absolute atomic E-state index is 0.0332. The van der Waals surface area contributed by atoms with Gasteiger partial charge in [0.25, 0.3) is 0 Å². The highest BCUT2D eigenvalue weighted by Gasteiger charge is 2.35. The van der Waals surface area contributed by atoms with Gasteiger partial charge in [0.05, 0.1) is 24.7 Å².